The third kappa shape index (κ3) is 4.49. The van der Waals surface area contributed by atoms with E-state index in [0.29, 0.717) is 16.7 Å². The van der Waals surface area contributed by atoms with Crippen LogP contribution in [-0.4, -0.2) is 21.8 Å². The van der Waals surface area contributed by atoms with Crippen molar-refractivity contribution in [1.82, 2.24) is 10.2 Å². The molecule has 0 radical (unpaired) electrons. The quantitative estimate of drug-likeness (QED) is 0.301. The Morgan fingerprint density at radius 2 is 2.18 bits per heavy atom. The summed E-state index contributed by atoms with van der Waals surface area (Å²) in [5.41, 5.74) is 0.594. The van der Waals surface area contributed by atoms with Gasteiger partial charge in [0.25, 0.3) is 0 Å². The number of hydrogen-bond donors (Lipinski definition) is 2. The molecule has 4 aromatic rings. The summed E-state index contributed by atoms with van der Waals surface area (Å²) in [6, 6.07) is 8.54. The Labute approximate surface area is 177 Å². The summed E-state index contributed by atoms with van der Waals surface area (Å²) < 4.78 is 5.95. The molecule has 4 rings (SSSR count). The van der Waals surface area contributed by atoms with Crippen LogP contribution in [0.1, 0.15) is 10.4 Å². The van der Waals surface area contributed by atoms with Crippen LogP contribution < -0.4 is 10.9 Å². The van der Waals surface area contributed by atoms with Gasteiger partial charge < -0.3 is 14.8 Å². The zero-order valence-corrected chi connectivity index (χ0v) is 17.6. The van der Waals surface area contributed by atoms with Gasteiger partial charge in [0.05, 0.1) is 5.02 Å². The fourth-order valence-corrected chi connectivity index (χ4v) is 5.22. The zero-order valence-electron chi connectivity index (χ0n) is 14.3. The number of halogens is 1. The van der Waals surface area contributed by atoms with Gasteiger partial charge >= 0.3 is 5.63 Å². The molecular formula is C18H14ClN3O3S3. The molecule has 0 aliphatic carbocycles. The molecule has 0 amide bonds. The van der Waals surface area contributed by atoms with Crippen LogP contribution in [0.25, 0.3) is 11.0 Å². The van der Waals surface area contributed by atoms with Crippen LogP contribution in [0.2, 0.25) is 5.02 Å². The van der Waals surface area contributed by atoms with Crippen molar-refractivity contribution in [2.75, 3.05) is 11.9 Å². The molecule has 0 aliphatic heterocycles. The molecule has 3 heterocycles. The Morgan fingerprint density at radius 1 is 1.29 bits per heavy atom. The maximum absolute atomic E-state index is 11.8. The van der Waals surface area contributed by atoms with E-state index < -0.39 is 5.63 Å². The molecular weight excluding hydrogens is 438 g/mol. The molecule has 0 aliphatic rings. The van der Waals surface area contributed by atoms with Crippen LogP contribution in [0.3, 0.4) is 0 Å². The molecule has 1 aromatic carbocycles. The van der Waals surface area contributed by atoms with Crippen molar-refractivity contribution in [3.05, 3.63) is 61.6 Å². The van der Waals surface area contributed by atoms with Gasteiger partial charge in [0.15, 0.2) is 4.34 Å². The zero-order chi connectivity index (χ0) is 19.5. The lowest BCUT2D eigenvalue weighted by atomic mass is 10.1. The first-order valence-electron chi connectivity index (χ1n) is 8.26. The fraction of sp³-hybridized carbons (Fsp3) is 0.167. The number of nitrogens with one attached hydrogen (secondary N) is 1. The molecule has 0 atom stereocenters. The third-order valence-electron chi connectivity index (χ3n) is 3.88. The van der Waals surface area contributed by atoms with Crippen molar-refractivity contribution in [3.8, 4) is 5.75 Å². The van der Waals surface area contributed by atoms with E-state index in [9.17, 15) is 9.90 Å². The third-order valence-corrected chi connectivity index (χ3v) is 7.18. The molecule has 144 valence electrons. The van der Waals surface area contributed by atoms with Crippen LogP contribution in [0.15, 0.2) is 49.3 Å². The van der Waals surface area contributed by atoms with Crippen molar-refractivity contribution in [2.45, 2.75) is 16.5 Å². The van der Waals surface area contributed by atoms with Crippen molar-refractivity contribution < 1.29 is 9.52 Å². The molecule has 0 saturated carbocycles. The van der Waals surface area contributed by atoms with Crippen LogP contribution in [0.5, 0.6) is 5.75 Å². The SMILES string of the molecule is O=c1cc(CSc2nnc(NCCc3cccs3)s2)c2cc(Cl)c(O)cc2o1. The number of benzene rings is 1. The maximum atomic E-state index is 11.8. The normalized spacial score (nSPS) is 11.2. The van der Waals surface area contributed by atoms with Crippen molar-refractivity contribution in [3.63, 3.8) is 0 Å². The van der Waals surface area contributed by atoms with E-state index in [1.807, 2.05) is 6.07 Å². The maximum Gasteiger partial charge on any atom is 0.336 e. The van der Waals surface area contributed by atoms with E-state index in [-0.39, 0.29) is 10.8 Å². The predicted molar refractivity (Wildman–Crippen MR) is 115 cm³/mol. The fourth-order valence-electron chi connectivity index (χ4n) is 2.58. The van der Waals surface area contributed by atoms with E-state index in [2.05, 4.69) is 27.0 Å². The van der Waals surface area contributed by atoms with Gasteiger partial charge in [-0.1, -0.05) is 40.8 Å². The van der Waals surface area contributed by atoms with E-state index in [0.717, 1.165) is 28.0 Å². The molecule has 2 N–H and O–H groups in total. The minimum absolute atomic E-state index is 0.121. The van der Waals surface area contributed by atoms with E-state index >= 15 is 0 Å². The summed E-state index contributed by atoms with van der Waals surface area (Å²) >= 11 is 10.7. The van der Waals surface area contributed by atoms with Gasteiger partial charge in [-0.3, -0.25) is 0 Å². The highest BCUT2D eigenvalue weighted by atomic mass is 35.5. The van der Waals surface area contributed by atoms with Gasteiger partial charge in [0.1, 0.15) is 11.3 Å². The largest absolute Gasteiger partial charge is 0.506 e. The van der Waals surface area contributed by atoms with Crippen LogP contribution >= 0.6 is 46.0 Å². The Hall–Kier alpha value is -2.07. The van der Waals surface area contributed by atoms with Crippen LogP contribution in [0.4, 0.5) is 5.13 Å². The lowest BCUT2D eigenvalue weighted by Gasteiger charge is -2.05. The molecule has 0 unspecified atom stereocenters. The van der Waals surface area contributed by atoms with Crippen molar-refractivity contribution in [1.29, 1.82) is 0 Å². The van der Waals surface area contributed by atoms with Crippen molar-refractivity contribution in [2.24, 2.45) is 0 Å². The minimum atomic E-state index is -0.474. The predicted octanol–water partition coefficient (Wildman–Crippen LogP) is 5.01. The highest BCUT2D eigenvalue weighted by Gasteiger charge is 2.12. The molecule has 0 bridgehead atoms. The number of nitrogens with zero attached hydrogens (tertiary/aromatic N) is 2. The first kappa shape index (κ1) is 19.3. The Kier molecular flexibility index (Phi) is 5.86. The summed E-state index contributed by atoms with van der Waals surface area (Å²) in [6.07, 6.45) is 0.944. The summed E-state index contributed by atoms with van der Waals surface area (Å²) in [6.45, 7) is 0.798. The first-order chi connectivity index (χ1) is 13.6. The minimum Gasteiger partial charge on any atom is -0.506 e. The average Bonchev–Trinajstić information content (AvgIpc) is 3.33. The summed E-state index contributed by atoms with van der Waals surface area (Å²) in [4.78, 5) is 13.1. The lowest BCUT2D eigenvalue weighted by Crippen LogP contribution is -2.03. The molecule has 3 aromatic heterocycles. The Bertz CT molecular complexity index is 1160. The average molecular weight is 452 g/mol. The summed E-state index contributed by atoms with van der Waals surface area (Å²) in [5.74, 6) is 0.386. The second-order valence-corrected chi connectivity index (χ2v) is 9.45. The number of phenols is 1. The lowest BCUT2D eigenvalue weighted by molar-refractivity contribution is 0.473. The van der Waals surface area contributed by atoms with E-state index in [4.69, 9.17) is 16.0 Å². The van der Waals surface area contributed by atoms with Gasteiger partial charge in [-0.05, 0) is 29.5 Å². The number of phenolic OH excluding ortho intramolecular Hbond substituents is 1. The number of fused-ring (bicyclic) bond motifs is 1. The molecule has 0 fully saturated rings. The smallest absolute Gasteiger partial charge is 0.336 e. The monoisotopic (exact) mass is 451 g/mol. The van der Waals surface area contributed by atoms with Gasteiger partial charge in [0, 0.05) is 34.7 Å². The van der Waals surface area contributed by atoms with Crippen LogP contribution in [-0.2, 0) is 12.2 Å². The van der Waals surface area contributed by atoms with E-state index in [1.165, 1.54) is 40.1 Å². The number of hydrogen-bond acceptors (Lipinski definition) is 9. The topological polar surface area (TPSA) is 88.2 Å². The Morgan fingerprint density at radius 3 is 3.00 bits per heavy atom. The standard InChI is InChI=1S/C18H14ClN3O3S3/c19-13-7-12-10(6-16(24)25-15(12)8-14(13)23)9-27-18-22-21-17(28-18)20-4-3-11-2-1-5-26-11/h1-2,5-8,23H,3-4,9H2,(H,20,21). The second-order valence-electron chi connectivity index (χ2n) is 5.81. The van der Waals surface area contributed by atoms with Gasteiger partial charge in [-0.15, -0.1) is 21.5 Å². The second kappa shape index (κ2) is 8.52. The molecule has 0 spiro atoms. The highest BCUT2D eigenvalue weighted by Crippen LogP contribution is 2.33. The number of aromatic hydroxyl groups is 1. The molecule has 6 nitrogen and oxygen atoms in total. The Balaban J connectivity index is 1.43. The number of thiophene rings is 1. The number of rotatable bonds is 7. The van der Waals surface area contributed by atoms with Gasteiger partial charge in [-0.2, -0.15) is 0 Å². The highest BCUT2D eigenvalue weighted by molar-refractivity contribution is 8.00. The van der Waals surface area contributed by atoms with Crippen molar-refractivity contribution >= 4 is 62.1 Å². The summed E-state index contributed by atoms with van der Waals surface area (Å²) in [7, 11) is 0. The van der Waals surface area contributed by atoms with E-state index in [1.54, 1.807) is 17.4 Å². The number of aromatic nitrogens is 2. The first-order valence-corrected chi connectivity index (χ1v) is 11.3. The summed E-state index contributed by atoms with van der Waals surface area (Å²) in [5, 5.41) is 25.1. The molecule has 0 saturated heterocycles. The van der Waals surface area contributed by atoms with Crippen LogP contribution in [0, 0.1) is 0 Å². The van der Waals surface area contributed by atoms with Gasteiger partial charge in [0.2, 0.25) is 5.13 Å². The number of anilines is 1. The number of thioether (sulfide) groups is 1. The van der Waals surface area contributed by atoms with Gasteiger partial charge in [-0.25, -0.2) is 4.79 Å². The molecule has 28 heavy (non-hydrogen) atoms. The molecule has 10 heteroatoms.